The van der Waals surface area contributed by atoms with E-state index in [1.807, 2.05) is 18.2 Å². The third kappa shape index (κ3) is 2.74. The lowest BCUT2D eigenvalue weighted by Crippen LogP contribution is -2.01. The Morgan fingerprint density at radius 1 is 1.09 bits per heavy atom. The van der Waals surface area contributed by atoms with Crippen molar-refractivity contribution in [3.05, 3.63) is 47.8 Å². The fourth-order valence-corrected chi connectivity index (χ4v) is 2.04. The van der Waals surface area contributed by atoms with Gasteiger partial charge in [0.1, 0.15) is 5.75 Å². The molecule has 114 valence electrons. The molecule has 0 unspecified atom stereocenters. The van der Waals surface area contributed by atoms with Gasteiger partial charge >= 0.3 is 0 Å². The topological polar surface area (TPSA) is 52.3 Å². The van der Waals surface area contributed by atoms with Crippen molar-refractivity contribution in [1.29, 1.82) is 0 Å². The maximum Gasteiger partial charge on any atom is 0.299 e. The molecule has 0 spiro atoms. The van der Waals surface area contributed by atoms with E-state index in [-0.39, 0.29) is 11.5 Å². The summed E-state index contributed by atoms with van der Waals surface area (Å²) in [5, 5.41) is 11.1. The smallest absolute Gasteiger partial charge is 0.299 e. The molecular weight excluding hydrogens is 290 g/mol. The summed E-state index contributed by atoms with van der Waals surface area (Å²) < 4.78 is 32.3. The van der Waals surface area contributed by atoms with E-state index in [2.05, 4.69) is 29.1 Å². The molecule has 0 saturated heterocycles. The summed E-state index contributed by atoms with van der Waals surface area (Å²) in [5.74, 6) is 0.665. The number of fused-ring (bicyclic) bond motifs is 1. The molecule has 2 heterocycles. The van der Waals surface area contributed by atoms with E-state index in [1.54, 1.807) is 12.1 Å². The van der Waals surface area contributed by atoms with Gasteiger partial charge in [-0.05, 0) is 29.7 Å². The number of rotatable bonds is 4. The molecule has 1 aromatic carbocycles. The second-order valence-corrected chi connectivity index (χ2v) is 5.13. The molecule has 5 nitrogen and oxygen atoms in total. The molecule has 0 amide bonds. The number of ether oxygens (including phenoxy) is 1. The first kappa shape index (κ1) is 14.4. The molecule has 0 fully saturated rings. The van der Waals surface area contributed by atoms with Crippen LogP contribution >= 0.6 is 0 Å². The van der Waals surface area contributed by atoms with Gasteiger partial charge in [0.15, 0.2) is 5.65 Å². The minimum absolute atomic E-state index is 0.204. The molecule has 0 bridgehead atoms. The van der Waals surface area contributed by atoms with Gasteiger partial charge in [-0.3, -0.25) is 0 Å². The Kier molecular flexibility index (Phi) is 3.70. The normalized spacial score (nSPS) is 11.5. The van der Waals surface area contributed by atoms with Crippen LogP contribution in [0.1, 0.15) is 37.6 Å². The van der Waals surface area contributed by atoms with Crippen molar-refractivity contribution in [1.82, 2.24) is 19.8 Å². The zero-order valence-corrected chi connectivity index (χ0v) is 12.1. The van der Waals surface area contributed by atoms with E-state index >= 15 is 0 Å². The molecule has 7 heteroatoms. The van der Waals surface area contributed by atoms with Crippen LogP contribution < -0.4 is 4.74 Å². The molecule has 0 aliphatic heterocycles. The third-order valence-electron chi connectivity index (χ3n) is 3.20. The summed E-state index contributed by atoms with van der Waals surface area (Å²) in [4.78, 5) is 0. The van der Waals surface area contributed by atoms with Gasteiger partial charge in [0.2, 0.25) is 11.7 Å². The fourth-order valence-electron chi connectivity index (χ4n) is 2.04. The van der Waals surface area contributed by atoms with Crippen LogP contribution in [0.4, 0.5) is 8.78 Å². The predicted molar refractivity (Wildman–Crippen MR) is 76.3 cm³/mol. The first-order valence-electron chi connectivity index (χ1n) is 6.83. The van der Waals surface area contributed by atoms with E-state index in [4.69, 9.17) is 4.74 Å². The van der Waals surface area contributed by atoms with Crippen LogP contribution in [-0.2, 0) is 0 Å². The first-order chi connectivity index (χ1) is 10.5. The van der Waals surface area contributed by atoms with Crippen LogP contribution in [0.15, 0.2) is 36.4 Å². The minimum Gasteiger partial charge on any atom is -0.438 e. The summed E-state index contributed by atoms with van der Waals surface area (Å²) in [5.41, 5.74) is 1.37. The van der Waals surface area contributed by atoms with E-state index in [1.165, 1.54) is 6.07 Å². The van der Waals surface area contributed by atoms with Gasteiger partial charge in [-0.15, -0.1) is 15.3 Å². The number of halogens is 2. The lowest BCUT2D eigenvalue weighted by atomic mass is 10.0. The van der Waals surface area contributed by atoms with Crippen molar-refractivity contribution in [2.24, 2.45) is 0 Å². The fraction of sp³-hybridized carbons (Fsp3) is 0.267. The van der Waals surface area contributed by atoms with Crippen molar-refractivity contribution in [3.63, 3.8) is 0 Å². The zero-order valence-electron chi connectivity index (χ0n) is 12.1. The maximum atomic E-state index is 12.8. The van der Waals surface area contributed by atoms with Crippen LogP contribution in [0.5, 0.6) is 11.6 Å². The lowest BCUT2D eigenvalue weighted by molar-refractivity contribution is 0.137. The largest absolute Gasteiger partial charge is 0.438 e. The van der Waals surface area contributed by atoms with Crippen molar-refractivity contribution < 1.29 is 13.5 Å². The Morgan fingerprint density at radius 3 is 2.64 bits per heavy atom. The number of alkyl halides is 2. The van der Waals surface area contributed by atoms with E-state index in [9.17, 15) is 8.78 Å². The number of aromatic nitrogens is 4. The summed E-state index contributed by atoms with van der Waals surface area (Å²) in [7, 11) is 0. The third-order valence-corrected chi connectivity index (χ3v) is 3.20. The van der Waals surface area contributed by atoms with Crippen LogP contribution in [0.3, 0.4) is 0 Å². The van der Waals surface area contributed by atoms with Gasteiger partial charge < -0.3 is 4.74 Å². The summed E-state index contributed by atoms with van der Waals surface area (Å²) in [6.07, 6.45) is -2.75. The Morgan fingerprint density at radius 2 is 1.91 bits per heavy atom. The highest BCUT2D eigenvalue weighted by Crippen LogP contribution is 2.25. The van der Waals surface area contributed by atoms with Crippen LogP contribution in [0.2, 0.25) is 0 Å². The number of nitrogens with zero attached hydrogens (tertiary/aromatic N) is 4. The van der Waals surface area contributed by atoms with Crippen molar-refractivity contribution in [3.8, 4) is 11.6 Å². The molecule has 0 aliphatic carbocycles. The van der Waals surface area contributed by atoms with Gasteiger partial charge in [0.05, 0.1) is 0 Å². The van der Waals surface area contributed by atoms with E-state index in [0.717, 1.165) is 10.1 Å². The molecule has 0 saturated carbocycles. The Balaban J connectivity index is 1.93. The van der Waals surface area contributed by atoms with Crippen molar-refractivity contribution >= 4 is 5.65 Å². The van der Waals surface area contributed by atoms with Crippen LogP contribution in [-0.4, -0.2) is 19.8 Å². The molecule has 3 rings (SSSR count). The molecule has 0 aliphatic rings. The maximum absolute atomic E-state index is 12.8. The highest BCUT2D eigenvalue weighted by molar-refractivity contribution is 5.39. The number of hydrogen-bond donors (Lipinski definition) is 0. The quantitative estimate of drug-likeness (QED) is 0.731. The Bertz CT molecular complexity index is 801. The highest BCUT2D eigenvalue weighted by Gasteiger charge is 2.17. The summed E-state index contributed by atoms with van der Waals surface area (Å²) >= 11 is 0. The molecule has 22 heavy (non-hydrogen) atoms. The monoisotopic (exact) mass is 304 g/mol. The van der Waals surface area contributed by atoms with Crippen LogP contribution in [0, 0.1) is 0 Å². The molecule has 3 aromatic rings. The van der Waals surface area contributed by atoms with E-state index in [0.29, 0.717) is 11.7 Å². The minimum atomic E-state index is -2.75. The first-order valence-corrected chi connectivity index (χ1v) is 6.83. The molecular formula is C15H14F2N4O. The average molecular weight is 304 g/mol. The molecule has 0 radical (unpaired) electrons. The lowest BCUT2D eigenvalue weighted by Gasteiger charge is -2.09. The van der Waals surface area contributed by atoms with Gasteiger partial charge in [-0.2, -0.15) is 4.52 Å². The standard InChI is InChI=1S/C15H14F2N4O/c1-9(2)10-4-3-5-11(8-10)22-13-7-6-12-18-19-15(14(16)17)21(12)20-13/h3-9,14H,1-2H3. The zero-order chi connectivity index (χ0) is 15.7. The Labute approximate surface area is 125 Å². The van der Waals surface area contributed by atoms with E-state index < -0.39 is 12.2 Å². The highest BCUT2D eigenvalue weighted by atomic mass is 19.3. The predicted octanol–water partition coefficient (Wildman–Crippen LogP) is 3.98. The van der Waals surface area contributed by atoms with Crippen molar-refractivity contribution in [2.45, 2.75) is 26.2 Å². The molecule has 0 N–H and O–H groups in total. The number of benzene rings is 1. The van der Waals surface area contributed by atoms with Crippen LogP contribution in [0.25, 0.3) is 5.65 Å². The second-order valence-electron chi connectivity index (χ2n) is 5.13. The summed E-state index contributed by atoms with van der Waals surface area (Å²) in [6.45, 7) is 4.16. The van der Waals surface area contributed by atoms with Gasteiger partial charge in [0, 0.05) is 6.07 Å². The van der Waals surface area contributed by atoms with Crippen molar-refractivity contribution in [2.75, 3.05) is 0 Å². The Hall–Kier alpha value is -2.57. The second kappa shape index (κ2) is 5.67. The average Bonchev–Trinajstić information content (AvgIpc) is 2.91. The summed E-state index contributed by atoms with van der Waals surface area (Å²) in [6, 6.07) is 10.7. The van der Waals surface area contributed by atoms with Gasteiger partial charge in [0.25, 0.3) is 6.43 Å². The molecule has 0 atom stereocenters. The van der Waals surface area contributed by atoms with Gasteiger partial charge in [-0.1, -0.05) is 26.0 Å². The molecule has 2 aromatic heterocycles. The SMILES string of the molecule is CC(C)c1cccc(Oc2ccc3nnc(C(F)F)n3n2)c1. The number of hydrogen-bond acceptors (Lipinski definition) is 4. The van der Waals surface area contributed by atoms with Gasteiger partial charge in [-0.25, -0.2) is 8.78 Å².